The molecule has 1 amide bonds. The van der Waals surface area contributed by atoms with Crippen molar-refractivity contribution in [2.75, 3.05) is 0 Å². The second-order valence-electron chi connectivity index (χ2n) is 4.26. The molecule has 0 aliphatic heterocycles. The van der Waals surface area contributed by atoms with Gasteiger partial charge in [-0.2, -0.15) is 0 Å². The van der Waals surface area contributed by atoms with Gasteiger partial charge in [0, 0.05) is 21.2 Å². The van der Waals surface area contributed by atoms with Crippen LogP contribution in [-0.4, -0.2) is 12.2 Å². The van der Waals surface area contributed by atoms with Gasteiger partial charge in [0.15, 0.2) is 0 Å². The Labute approximate surface area is 130 Å². The highest BCUT2D eigenvalue weighted by Crippen LogP contribution is 2.21. The third-order valence-electron chi connectivity index (χ3n) is 2.83. The first-order valence-electron chi connectivity index (χ1n) is 6.11. The number of ether oxygens (including phenoxy) is 1. The molecule has 6 heteroatoms. The third kappa shape index (κ3) is 3.90. The topological polar surface area (TPSA) is 81.4 Å². The number of carbonyl (C=O) groups is 2. The first-order valence-corrected chi connectivity index (χ1v) is 6.90. The Morgan fingerprint density at radius 3 is 2.76 bits per heavy atom. The number of nitrogens with one attached hydrogen (secondary N) is 1. The summed E-state index contributed by atoms with van der Waals surface area (Å²) in [5, 5.41) is 0. The number of benzene rings is 2. The van der Waals surface area contributed by atoms with Crippen LogP contribution in [0.5, 0.6) is 5.75 Å². The lowest BCUT2D eigenvalue weighted by molar-refractivity contribution is 0.0953. The predicted molar refractivity (Wildman–Crippen MR) is 82.0 cm³/mol. The molecule has 0 aliphatic rings. The molecule has 5 nitrogen and oxygen atoms in total. The molecule has 21 heavy (non-hydrogen) atoms. The number of amides is 1. The van der Waals surface area contributed by atoms with Crippen molar-refractivity contribution in [3.8, 4) is 5.75 Å². The Kier molecular flexibility index (Phi) is 5.08. The highest BCUT2D eigenvalue weighted by Gasteiger charge is 2.08. The van der Waals surface area contributed by atoms with E-state index < -0.39 is 0 Å². The standard InChI is InChI=1S/C15H13BrN2O3/c16-14-7-11(15(20)18-17)4-5-12(14)9-21-13-3-1-2-10(6-13)8-19/h1-8H,9,17H2,(H,18,20). The molecule has 2 aromatic carbocycles. The number of nitrogen functional groups attached to an aromatic ring is 1. The normalized spacial score (nSPS) is 10.0. The van der Waals surface area contributed by atoms with E-state index in [2.05, 4.69) is 21.4 Å². The predicted octanol–water partition coefficient (Wildman–Crippen LogP) is 2.44. The first kappa shape index (κ1) is 15.2. The summed E-state index contributed by atoms with van der Waals surface area (Å²) >= 11 is 3.39. The van der Waals surface area contributed by atoms with Crippen molar-refractivity contribution in [2.45, 2.75) is 6.61 Å². The van der Waals surface area contributed by atoms with Gasteiger partial charge in [0.05, 0.1) is 0 Å². The van der Waals surface area contributed by atoms with E-state index in [0.29, 0.717) is 23.5 Å². The van der Waals surface area contributed by atoms with Gasteiger partial charge in [-0.15, -0.1) is 0 Å². The third-order valence-corrected chi connectivity index (χ3v) is 3.57. The van der Waals surface area contributed by atoms with E-state index in [1.807, 2.05) is 0 Å². The summed E-state index contributed by atoms with van der Waals surface area (Å²) in [6.45, 7) is 0.313. The van der Waals surface area contributed by atoms with Gasteiger partial charge < -0.3 is 4.74 Å². The molecule has 0 aromatic heterocycles. The Morgan fingerprint density at radius 2 is 2.10 bits per heavy atom. The molecule has 2 aromatic rings. The van der Waals surface area contributed by atoms with Gasteiger partial charge in [0.25, 0.3) is 5.91 Å². The van der Waals surface area contributed by atoms with Crippen molar-refractivity contribution < 1.29 is 14.3 Å². The van der Waals surface area contributed by atoms with Crippen molar-refractivity contribution in [3.05, 3.63) is 63.6 Å². The molecule has 0 fully saturated rings. The molecule has 0 aliphatic carbocycles. The Bertz CT molecular complexity index is 674. The van der Waals surface area contributed by atoms with Crippen LogP contribution in [0.4, 0.5) is 0 Å². The largest absolute Gasteiger partial charge is 0.489 e. The molecule has 0 heterocycles. The fourth-order valence-electron chi connectivity index (χ4n) is 1.73. The SMILES string of the molecule is NNC(=O)c1ccc(COc2cccc(C=O)c2)c(Br)c1. The van der Waals surface area contributed by atoms with E-state index in [-0.39, 0.29) is 5.91 Å². The van der Waals surface area contributed by atoms with Gasteiger partial charge in [-0.25, -0.2) is 5.84 Å². The lowest BCUT2D eigenvalue weighted by Crippen LogP contribution is -2.29. The van der Waals surface area contributed by atoms with Gasteiger partial charge in [-0.3, -0.25) is 15.0 Å². The minimum atomic E-state index is -0.359. The Morgan fingerprint density at radius 1 is 1.29 bits per heavy atom. The fourth-order valence-corrected chi connectivity index (χ4v) is 2.22. The zero-order valence-electron chi connectivity index (χ0n) is 11.0. The Balaban J connectivity index is 2.09. The molecule has 0 spiro atoms. The molecular formula is C15H13BrN2O3. The molecule has 0 bridgehead atoms. The number of carbonyl (C=O) groups excluding carboxylic acids is 2. The number of halogens is 1. The van der Waals surface area contributed by atoms with Crippen molar-refractivity contribution in [1.29, 1.82) is 0 Å². The fraction of sp³-hybridized carbons (Fsp3) is 0.0667. The number of hydrogen-bond donors (Lipinski definition) is 2. The molecule has 0 atom stereocenters. The maximum atomic E-state index is 11.4. The van der Waals surface area contributed by atoms with Crippen LogP contribution in [0.2, 0.25) is 0 Å². The second-order valence-corrected chi connectivity index (χ2v) is 5.11. The smallest absolute Gasteiger partial charge is 0.265 e. The maximum absolute atomic E-state index is 11.4. The summed E-state index contributed by atoms with van der Waals surface area (Å²) < 4.78 is 6.37. The summed E-state index contributed by atoms with van der Waals surface area (Å²) in [5.74, 6) is 5.33. The van der Waals surface area contributed by atoms with E-state index in [1.54, 1.807) is 42.5 Å². The molecular weight excluding hydrogens is 336 g/mol. The van der Waals surface area contributed by atoms with Gasteiger partial charge >= 0.3 is 0 Å². The van der Waals surface area contributed by atoms with Crippen LogP contribution in [-0.2, 0) is 6.61 Å². The van der Waals surface area contributed by atoms with Crippen LogP contribution < -0.4 is 16.0 Å². The van der Waals surface area contributed by atoms with Crippen LogP contribution in [0.15, 0.2) is 46.9 Å². The van der Waals surface area contributed by atoms with Crippen molar-refractivity contribution in [1.82, 2.24) is 5.43 Å². The summed E-state index contributed by atoms with van der Waals surface area (Å²) in [7, 11) is 0. The zero-order valence-corrected chi connectivity index (χ0v) is 12.6. The monoisotopic (exact) mass is 348 g/mol. The molecule has 0 saturated carbocycles. The van der Waals surface area contributed by atoms with E-state index >= 15 is 0 Å². The number of rotatable bonds is 5. The minimum Gasteiger partial charge on any atom is -0.489 e. The highest BCUT2D eigenvalue weighted by molar-refractivity contribution is 9.10. The molecule has 0 radical (unpaired) electrons. The van der Waals surface area contributed by atoms with E-state index in [9.17, 15) is 9.59 Å². The number of hydrazine groups is 1. The quantitative estimate of drug-likeness (QED) is 0.376. The summed E-state index contributed by atoms with van der Waals surface area (Å²) in [6, 6.07) is 12.0. The van der Waals surface area contributed by atoms with Crippen LogP contribution in [0.1, 0.15) is 26.3 Å². The van der Waals surface area contributed by atoms with Crippen LogP contribution >= 0.6 is 15.9 Å². The minimum absolute atomic E-state index is 0.313. The molecule has 0 unspecified atom stereocenters. The number of hydrogen-bond acceptors (Lipinski definition) is 4. The van der Waals surface area contributed by atoms with Gasteiger partial charge in [0.1, 0.15) is 18.6 Å². The maximum Gasteiger partial charge on any atom is 0.265 e. The van der Waals surface area contributed by atoms with E-state index in [4.69, 9.17) is 10.6 Å². The Hall–Kier alpha value is -2.18. The van der Waals surface area contributed by atoms with Gasteiger partial charge in [0.2, 0.25) is 0 Å². The lowest BCUT2D eigenvalue weighted by Gasteiger charge is -2.09. The average Bonchev–Trinajstić information content (AvgIpc) is 2.53. The molecule has 2 rings (SSSR count). The number of aldehydes is 1. The van der Waals surface area contributed by atoms with Crippen molar-refractivity contribution in [2.24, 2.45) is 5.84 Å². The average molecular weight is 349 g/mol. The van der Waals surface area contributed by atoms with Crippen LogP contribution in [0.3, 0.4) is 0 Å². The summed E-state index contributed by atoms with van der Waals surface area (Å²) in [4.78, 5) is 22.1. The highest BCUT2D eigenvalue weighted by atomic mass is 79.9. The van der Waals surface area contributed by atoms with Gasteiger partial charge in [-0.05, 0) is 24.3 Å². The van der Waals surface area contributed by atoms with Crippen LogP contribution in [0, 0.1) is 0 Å². The number of nitrogens with two attached hydrogens (primary N) is 1. The van der Waals surface area contributed by atoms with E-state index in [1.165, 1.54) is 0 Å². The van der Waals surface area contributed by atoms with Crippen molar-refractivity contribution >= 4 is 28.1 Å². The summed E-state index contributed by atoms with van der Waals surface area (Å²) in [5.41, 5.74) is 3.96. The second kappa shape index (κ2) is 7.01. The molecule has 3 N–H and O–H groups in total. The summed E-state index contributed by atoms with van der Waals surface area (Å²) in [6.07, 6.45) is 0.767. The zero-order chi connectivity index (χ0) is 15.2. The molecule has 0 saturated heterocycles. The van der Waals surface area contributed by atoms with Crippen molar-refractivity contribution in [3.63, 3.8) is 0 Å². The van der Waals surface area contributed by atoms with Gasteiger partial charge in [-0.1, -0.05) is 34.1 Å². The molecule has 108 valence electrons. The van der Waals surface area contributed by atoms with Crippen LogP contribution in [0.25, 0.3) is 0 Å². The van der Waals surface area contributed by atoms with E-state index in [0.717, 1.165) is 16.3 Å². The first-order chi connectivity index (χ1) is 10.1. The lowest BCUT2D eigenvalue weighted by atomic mass is 10.1.